The summed E-state index contributed by atoms with van der Waals surface area (Å²) >= 11 is 4.24. The maximum absolute atomic E-state index is 12.0. The lowest BCUT2D eigenvalue weighted by molar-refractivity contribution is 0.0949. The SMILES string of the molecule is Cc1ccc(S)cc1C(=O)NCc1nccn1C. The number of carbonyl (C=O) groups excluding carboxylic acids is 1. The van der Waals surface area contributed by atoms with Crippen LogP contribution in [0.2, 0.25) is 0 Å². The van der Waals surface area contributed by atoms with Crippen LogP contribution in [0.3, 0.4) is 0 Å². The molecule has 94 valence electrons. The molecule has 1 amide bonds. The number of carbonyl (C=O) groups is 1. The van der Waals surface area contributed by atoms with Gasteiger partial charge in [-0.2, -0.15) is 0 Å². The summed E-state index contributed by atoms with van der Waals surface area (Å²) in [4.78, 5) is 17.0. The number of imidazole rings is 1. The Morgan fingerprint density at radius 3 is 2.94 bits per heavy atom. The monoisotopic (exact) mass is 261 g/mol. The second-order valence-corrected chi connectivity index (χ2v) is 4.65. The third kappa shape index (κ3) is 2.73. The van der Waals surface area contributed by atoms with E-state index in [0.29, 0.717) is 12.1 Å². The summed E-state index contributed by atoms with van der Waals surface area (Å²) in [6.45, 7) is 2.32. The number of hydrogen-bond donors (Lipinski definition) is 2. The quantitative estimate of drug-likeness (QED) is 0.830. The molecule has 2 rings (SSSR count). The first-order valence-corrected chi connectivity index (χ1v) is 6.06. The second kappa shape index (κ2) is 5.27. The lowest BCUT2D eigenvalue weighted by atomic mass is 10.1. The van der Waals surface area contributed by atoms with Crippen molar-refractivity contribution < 1.29 is 4.79 Å². The fraction of sp³-hybridized carbons (Fsp3) is 0.231. The highest BCUT2D eigenvalue weighted by Gasteiger charge is 2.10. The van der Waals surface area contributed by atoms with E-state index in [0.717, 1.165) is 16.3 Å². The van der Waals surface area contributed by atoms with Crippen LogP contribution in [0.15, 0.2) is 35.5 Å². The number of amides is 1. The van der Waals surface area contributed by atoms with E-state index < -0.39 is 0 Å². The second-order valence-electron chi connectivity index (χ2n) is 4.14. The minimum absolute atomic E-state index is 0.105. The van der Waals surface area contributed by atoms with E-state index in [1.165, 1.54) is 0 Å². The molecule has 5 heteroatoms. The number of nitrogens with zero attached hydrogens (tertiary/aromatic N) is 2. The molecule has 1 aromatic carbocycles. The average molecular weight is 261 g/mol. The summed E-state index contributed by atoms with van der Waals surface area (Å²) in [5.74, 6) is 0.717. The smallest absolute Gasteiger partial charge is 0.251 e. The largest absolute Gasteiger partial charge is 0.345 e. The molecule has 0 atom stereocenters. The van der Waals surface area contributed by atoms with E-state index in [1.54, 1.807) is 12.3 Å². The van der Waals surface area contributed by atoms with Gasteiger partial charge in [-0.1, -0.05) is 6.07 Å². The van der Waals surface area contributed by atoms with Crippen LogP contribution in [0.25, 0.3) is 0 Å². The molecule has 1 N–H and O–H groups in total. The molecular weight excluding hydrogens is 246 g/mol. The van der Waals surface area contributed by atoms with Crippen LogP contribution in [-0.2, 0) is 13.6 Å². The molecule has 4 nitrogen and oxygen atoms in total. The van der Waals surface area contributed by atoms with Crippen LogP contribution in [-0.4, -0.2) is 15.5 Å². The zero-order valence-corrected chi connectivity index (χ0v) is 11.2. The van der Waals surface area contributed by atoms with E-state index in [4.69, 9.17) is 0 Å². The van der Waals surface area contributed by atoms with Crippen LogP contribution in [0.5, 0.6) is 0 Å². The van der Waals surface area contributed by atoms with E-state index in [9.17, 15) is 4.79 Å². The molecule has 1 aromatic heterocycles. The lowest BCUT2D eigenvalue weighted by Crippen LogP contribution is -2.25. The third-order valence-corrected chi connectivity index (χ3v) is 3.07. The van der Waals surface area contributed by atoms with Gasteiger partial charge in [0, 0.05) is 29.9 Å². The minimum Gasteiger partial charge on any atom is -0.345 e. The van der Waals surface area contributed by atoms with Crippen molar-refractivity contribution in [2.75, 3.05) is 0 Å². The van der Waals surface area contributed by atoms with Crippen LogP contribution in [0, 0.1) is 6.92 Å². The Hall–Kier alpha value is -1.75. The fourth-order valence-electron chi connectivity index (χ4n) is 1.68. The molecule has 0 spiro atoms. The maximum atomic E-state index is 12.0. The maximum Gasteiger partial charge on any atom is 0.251 e. The van der Waals surface area contributed by atoms with Gasteiger partial charge in [0.05, 0.1) is 6.54 Å². The van der Waals surface area contributed by atoms with Gasteiger partial charge in [0.15, 0.2) is 0 Å². The molecule has 0 aliphatic rings. The number of aryl methyl sites for hydroxylation is 2. The summed E-state index contributed by atoms with van der Waals surface area (Å²) in [5.41, 5.74) is 1.59. The predicted molar refractivity (Wildman–Crippen MR) is 72.8 cm³/mol. The van der Waals surface area contributed by atoms with Gasteiger partial charge in [-0.3, -0.25) is 4.79 Å². The number of aromatic nitrogens is 2. The van der Waals surface area contributed by atoms with Crippen molar-refractivity contribution in [2.24, 2.45) is 7.05 Å². The van der Waals surface area contributed by atoms with Crippen LogP contribution in [0.1, 0.15) is 21.7 Å². The Balaban J connectivity index is 2.08. The van der Waals surface area contributed by atoms with E-state index in [2.05, 4.69) is 22.9 Å². The molecule has 1 heterocycles. The van der Waals surface area contributed by atoms with Crippen molar-refractivity contribution >= 4 is 18.5 Å². The molecule has 0 radical (unpaired) electrons. The highest BCUT2D eigenvalue weighted by atomic mass is 32.1. The summed E-state index contributed by atoms with van der Waals surface area (Å²) < 4.78 is 1.88. The Morgan fingerprint density at radius 2 is 2.28 bits per heavy atom. The number of thiol groups is 1. The number of nitrogens with one attached hydrogen (secondary N) is 1. The van der Waals surface area contributed by atoms with Gasteiger partial charge in [0.2, 0.25) is 0 Å². The molecule has 0 aliphatic carbocycles. The van der Waals surface area contributed by atoms with E-state index in [-0.39, 0.29) is 5.91 Å². The fourth-order valence-corrected chi connectivity index (χ4v) is 1.88. The molecule has 0 unspecified atom stereocenters. The van der Waals surface area contributed by atoms with E-state index in [1.807, 2.05) is 36.9 Å². The third-order valence-electron chi connectivity index (χ3n) is 2.79. The summed E-state index contributed by atoms with van der Waals surface area (Å²) in [6.07, 6.45) is 3.56. The standard InChI is InChI=1S/C13H15N3OS/c1-9-3-4-10(18)7-11(9)13(17)15-8-12-14-5-6-16(12)2/h3-7,18H,8H2,1-2H3,(H,15,17). The lowest BCUT2D eigenvalue weighted by Gasteiger charge is -2.08. The molecule has 18 heavy (non-hydrogen) atoms. The van der Waals surface area contributed by atoms with Crippen molar-refractivity contribution in [3.63, 3.8) is 0 Å². The van der Waals surface area contributed by atoms with Crippen molar-refractivity contribution in [2.45, 2.75) is 18.4 Å². The topological polar surface area (TPSA) is 46.9 Å². The normalized spacial score (nSPS) is 10.4. The number of rotatable bonds is 3. The van der Waals surface area contributed by atoms with Crippen LogP contribution < -0.4 is 5.32 Å². The van der Waals surface area contributed by atoms with Gasteiger partial charge in [-0.05, 0) is 24.6 Å². The molecular formula is C13H15N3OS. The summed E-state index contributed by atoms with van der Waals surface area (Å²) in [6, 6.07) is 5.53. The van der Waals surface area contributed by atoms with Crippen molar-refractivity contribution in [3.05, 3.63) is 47.5 Å². The Kier molecular flexibility index (Phi) is 3.72. The first-order chi connectivity index (χ1) is 8.58. The number of hydrogen-bond acceptors (Lipinski definition) is 3. The molecule has 0 saturated heterocycles. The minimum atomic E-state index is -0.105. The van der Waals surface area contributed by atoms with Crippen LogP contribution in [0.4, 0.5) is 0 Å². The molecule has 0 aliphatic heterocycles. The van der Waals surface area contributed by atoms with Gasteiger partial charge in [0.25, 0.3) is 5.91 Å². The summed E-state index contributed by atoms with van der Waals surface area (Å²) in [5, 5.41) is 2.85. The highest BCUT2D eigenvalue weighted by molar-refractivity contribution is 7.80. The number of benzene rings is 1. The first kappa shape index (κ1) is 12.7. The Morgan fingerprint density at radius 1 is 1.50 bits per heavy atom. The predicted octanol–water partition coefficient (Wildman–Crippen LogP) is 1.95. The van der Waals surface area contributed by atoms with Crippen molar-refractivity contribution in [3.8, 4) is 0 Å². The van der Waals surface area contributed by atoms with Crippen molar-refractivity contribution in [1.82, 2.24) is 14.9 Å². The molecule has 2 aromatic rings. The molecule has 0 fully saturated rings. The average Bonchev–Trinajstić information content (AvgIpc) is 2.75. The Bertz CT molecular complexity index is 577. The van der Waals surface area contributed by atoms with Crippen LogP contribution >= 0.6 is 12.6 Å². The Labute approximate surface area is 111 Å². The zero-order chi connectivity index (χ0) is 13.1. The van der Waals surface area contributed by atoms with Gasteiger partial charge in [0.1, 0.15) is 5.82 Å². The van der Waals surface area contributed by atoms with Gasteiger partial charge in [-0.15, -0.1) is 12.6 Å². The molecule has 0 saturated carbocycles. The van der Waals surface area contributed by atoms with Gasteiger partial charge < -0.3 is 9.88 Å². The first-order valence-electron chi connectivity index (χ1n) is 5.62. The van der Waals surface area contributed by atoms with Crippen molar-refractivity contribution in [1.29, 1.82) is 0 Å². The molecule has 0 bridgehead atoms. The summed E-state index contributed by atoms with van der Waals surface area (Å²) in [7, 11) is 1.90. The highest BCUT2D eigenvalue weighted by Crippen LogP contribution is 2.14. The van der Waals surface area contributed by atoms with E-state index >= 15 is 0 Å². The van der Waals surface area contributed by atoms with Gasteiger partial charge >= 0.3 is 0 Å². The zero-order valence-electron chi connectivity index (χ0n) is 10.3. The van der Waals surface area contributed by atoms with Gasteiger partial charge in [-0.25, -0.2) is 4.98 Å².